The van der Waals surface area contributed by atoms with Crippen LogP contribution in [0.4, 0.5) is 0 Å². The highest BCUT2D eigenvalue weighted by molar-refractivity contribution is 7.91. The van der Waals surface area contributed by atoms with Crippen molar-refractivity contribution in [3.05, 3.63) is 17.0 Å². The molecule has 2 unspecified atom stereocenters. The number of aliphatic hydroxyl groups is 1. The molecule has 0 spiro atoms. The first kappa shape index (κ1) is 14.0. The van der Waals surface area contributed by atoms with Gasteiger partial charge in [-0.05, 0) is 30.9 Å². The molecule has 2 atom stereocenters. The molecule has 1 aliphatic rings. The average molecular weight is 291 g/mol. The summed E-state index contributed by atoms with van der Waals surface area (Å²) in [5.41, 5.74) is 0.632. The van der Waals surface area contributed by atoms with E-state index in [0.717, 1.165) is 11.3 Å². The zero-order valence-electron chi connectivity index (χ0n) is 10.4. The van der Waals surface area contributed by atoms with Crippen molar-refractivity contribution in [1.82, 2.24) is 4.31 Å². The Bertz CT molecular complexity index is 501. The lowest BCUT2D eigenvalue weighted by atomic mass is 10.3. The highest BCUT2D eigenvalue weighted by atomic mass is 32.2. The van der Waals surface area contributed by atoms with Crippen molar-refractivity contribution in [2.24, 2.45) is 0 Å². The van der Waals surface area contributed by atoms with Crippen LogP contribution in [0.1, 0.15) is 19.4 Å². The molecule has 1 aromatic rings. The van der Waals surface area contributed by atoms with E-state index in [2.05, 4.69) is 0 Å². The third-order valence-electron chi connectivity index (χ3n) is 2.79. The summed E-state index contributed by atoms with van der Waals surface area (Å²) in [6.07, 6.45) is -0.193. The van der Waals surface area contributed by atoms with Crippen LogP contribution in [0, 0.1) is 0 Å². The van der Waals surface area contributed by atoms with Crippen molar-refractivity contribution in [2.45, 2.75) is 36.9 Å². The number of ether oxygens (including phenoxy) is 1. The van der Waals surface area contributed by atoms with Crippen molar-refractivity contribution >= 4 is 21.4 Å². The van der Waals surface area contributed by atoms with E-state index < -0.39 is 10.0 Å². The summed E-state index contributed by atoms with van der Waals surface area (Å²) >= 11 is 1.15. The van der Waals surface area contributed by atoms with Crippen LogP contribution >= 0.6 is 11.3 Å². The zero-order chi connectivity index (χ0) is 13.3. The van der Waals surface area contributed by atoms with Gasteiger partial charge in [-0.3, -0.25) is 0 Å². The number of hydrogen-bond donors (Lipinski definition) is 1. The molecule has 0 aromatic carbocycles. The smallest absolute Gasteiger partial charge is 0.252 e. The third kappa shape index (κ3) is 2.75. The standard InChI is InChI=1S/C11H17NO4S2/c1-8-4-12(5-9(2)16-8)18(14,15)11-3-10(6-13)7-17-11/h3,7-9,13H,4-6H2,1-2H3. The first-order valence-corrected chi connectivity index (χ1v) is 8.09. The lowest BCUT2D eigenvalue weighted by Gasteiger charge is -2.34. The van der Waals surface area contributed by atoms with Crippen LogP contribution in [-0.2, 0) is 21.4 Å². The average Bonchev–Trinajstić information content (AvgIpc) is 2.76. The molecule has 0 amide bonds. The van der Waals surface area contributed by atoms with Crippen LogP contribution in [0.3, 0.4) is 0 Å². The largest absolute Gasteiger partial charge is 0.392 e. The van der Waals surface area contributed by atoms with Gasteiger partial charge in [-0.2, -0.15) is 4.31 Å². The van der Waals surface area contributed by atoms with Crippen molar-refractivity contribution < 1.29 is 18.3 Å². The second kappa shape index (κ2) is 5.26. The molecular weight excluding hydrogens is 274 g/mol. The summed E-state index contributed by atoms with van der Waals surface area (Å²) < 4.78 is 32.1. The first-order valence-electron chi connectivity index (χ1n) is 5.77. The van der Waals surface area contributed by atoms with Crippen molar-refractivity contribution in [3.8, 4) is 0 Å². The highest BCUT2D eigenvalue weighted by Crippen LogP contribution is 2.26. The minimum atomic E-state index is -3.46. The van der Waals surface area contributed by atoms with E-state index in [0.29, 0.717) is 18.7 Å². The molecule has 1 aliphatic heterocycles. The van der Waals surface area contributed by atoms with Gasteiger partial charge in [0.05, 0.1) is 18.8 Å². The fourth-order valence-electron chi connectivity index (χ4n) is 2.03. The fraction of sp³-hybridized carbons (Fsp3) is 0.636. The molecule has 7 heteroatoms. The van der Waals surface area contributed by atoms with Gasteiger partial charge >= 0.3 is 0 Å². The number of thiophene rings is 1. The number of aliphatic hydroxyl groups excluding tert-OH is 1. The fourth-order valence-corrected chi connectivity index (χ4v) is 4.97. The molecule has 5 nitrogen and oxygen atoms in total. The van der Waals surface area contributed by atoms with E-state index in [1.807, 2.05) is 13.8 Å². The Hall–Kier alpha value is -0.470. The number of rotatable bonds is 3. The molecule has 1 saturated heterocycles. The van der Waals surface area contributed by atoms with Gasteiger partial charge in [-0.1, -0.05) is 0 Å². The maximum Gasteiger partial charge on any atom is 0.252 e. The van der Waals surface area contributed by atoms with Crippen LogP contribution in [0.25, 0.3) is 0 Å². The van der Waals surface area contributed by atoms with Gasteiger partial charge in [0.25, 0.3) is 10.0 Å². The predicted octanol–water partition coefficient (Wildman–Crippen LogP) is 1.04. The van der Waals surface area contributed by atoms with Gasteiger partial charge in [0.15, 0.2) is 0 Å². The van der Waals surface area contributed by atoms with E-state index in [9.17, 15) is 8.42 Å². The monoisotopic (exact) mass is 291 g/mol. The highest BCUT2D eigenvalue weighted by Gasteiger charge is 2.32. The summed E-state index contributed by atoms with van der Waals surface area (Å²) in [6.45, 7) is 4.34. The van der Waals surface area contributed by atoms with Crippen molar-refractivity contribution in [2.75, 3.05) is 13.1 Å². The Morgan fingerprint density at radius 1 is 1.44 bits per heavy atom. The number of nitrogens with zero attached hydrogens (tertiary/aromatic N) is 1. The molecule has 2 heterocycles. The Labute approximate surface area is 111 Å². The summed E-state index contributed by atoms with van der Waals surface area (Å²) in [7, 11) is -3.46. The van der Waals surface area contributed by atoms with Crippen LogP contribution < -0.4 is 0 Å². The Kier molecular flexibility index (Phi) is 4.08. The molecule has 2 rings (SSSR count). The van der Waals surface area contributed by atoms with Crippen LogP contribution in [0.2, 0.25) is 0 Å². The Balaban J connectivity index is 2.25. The molecule has 0 radical (unpaired) electrons. The summed E-state index contributed by atoms with van der Waals surface area (Å²) in [5.74, 6) is 0. The summed E-state index contributed by atoms with van der Waals surface area (Å²) in [5, 5.41) is 10.7. The lowest BCUT2D eigenvalue weighted by Crippen LogP contribution is -2.47. The molecule has 1 N–H and O–H groups in total. The first-order chi connectivity index (χ1) is 8.43. The van der Waals surface area contributed by atoms with E-state index in [1.165, 1.54) is 10.4 Å². The molecule has 0 saturated carbocycles. The Morgan fingerprint density at radius 3 is 2.56 bits per heavy atom. The van der Waals surface area contributed by atoms with Crippen LogP contribution in [0.5, 0.6) is 0 Å². The molecule has 1 aromatic heterocycles. The van der Waals surface area contributed by atoms with Gasteiger partial charge in [-0.15, -0.1) is 11.3 Å². The van der Waals surface area contributed by atoms with E-state index in [1.54, 1.807) is 5.38 Å². The summed E-state index contributed by atoms with van der Waals surface area (Å²) in [4.78, 5) is 0. The SMILES string of the molecule is CC1CN(S(=O)(=O)c2cc(CO)cs2)CC(C)O1. The van der Waals surface area contributed by atoms with Crippen molar-refractivity contribution in [3.63, 3.8) is 0 Å². The maximum absolute atomic E-state index is 12.4. The lowest BCUT2D eigenvalue weighted by molar-refractivity contribution is -0.0440. The Morgan fingerprint density at radius 2 is 2.06 bits per heavy atom. The molecule has 0 bridgehead atoms. The van der Waals surface area contributed by atoms with Gasteiger partial charge < -0.3 is 9.84 Å². The maximum atomic E-state index is 12.4. The minimum Gasteiger partial charge on any atom is -0.392 e. The van der Waals surface area contributed by atoms with Gasteiger partial charge in [-0.25, -0.2) is 8.42 Å². The summed E-state index contributed by atoms with van der Waals surface area (Å²) in [6, 6.07) is 1.53. The minimum absolute atomic E-state index is 0.0965. The molecule has 18 heavy (non-hydrogen) atoms. The van der Waals surface area contributed by atoms with Gasteiger partial charge in [0.1, 0.15) is 4.21 Å². The number of hydrogen-bond acceptors (Lipinski definition) is 5. The quantitative estimate of drug-likeness (QED) is 0.903. The van der Waals surface area contributed by atoms with E-state index >= 15 is 0 Å². The predicted molar refractivity (Wildman–Crippen MR) is 69.0 cm³/mol. The molecular formula is C11H17NO4S2. The van der Waals surface area contributed by atoms with E-state index in [-0.39, 0.29) is 23.0 Å². The third-order valence-corrected chi connectivity index (χ3v) is 6.09. The zero-order valence-corrected chi connectivity index (χ0v) is 12.0. The van der Waals surface area contributed by atoms with Crippen molar-refractivity contribution in [1.29, 1.82) is 0 Å². The number of morpholine rings is 1. The second-order valence-electron chi connectivity index (χ2n) is 4.51. The topological polar surface area (TPSA) is 66.8 Å². The molecule has 0 aliphatic carbocycles. The van der Waals surface area contributed by atoms with Crippen LogP contribution in [0.15, 0.2) is 15.7 Å². The molecule has 102 valence electrons. The van der Waals surface area contributed by atoms with E-state index in [4.69, 9.17) is 9.84 Å². The van der Waals surface area contributed by atoms with Crippen LogP contribution in [-0.4, -0.2) is 43.1 Å². The second-order valence-corrected chi connectivity index (χ2v) is 7.59. The molecule has 1 fully saturated rings. The number of sulfonamides is 1. The van der Waals surface area contributed by atoms with Gasteiger partial charge in [0, 0.05) is 13.1 Å². The van der Waals surface area contributed by atoms with Gasteiger partial charge in [0.2, 0.25) is 0 Å². The normalized spacial score (nSPS) is 26.4.